The van der Waals surface area contributed by atoms with E-state index in [0.717, 1.165) is 64.3 Å². The molecule has 144 valence electrons. The Morgan fingerprint density at radius 1 is 1.16 bits per heavy atom. The van der Waals surface area contributed by atoms with Crippen molar-refractivity contribution in [1.82, 2.24) is 20.0 Å². The van der Waals surface area contributed by atoms with Crippen LogP contribution in [0.5, 0.6) is 0 Å². The highest BCUT2D eigenvalue weighted by Gasteiger charge is 2.24. The largest absolute Gasteiger partial charge is 0.343 e. The number of nitrogens with one attached hydrogen (secondary N) is 1. The molecule has 0 aliphatic carbocycles. The van der Waals surface area contributed by atoms with Crippen molar-refractivity contribution in [2.75, 3.05) is 26.2 Å². The molecule has 1 N–H and O–H groups in total. The highest BCUT2D eigenvalue weighted by Crippen LogP contribution is 2.22. The van der Waals surface area contributed by atoms with Gasteiger partial charge in [0.2, 0.25) is 5.91 Å². The molecule has 2 aliphatic rings. The maximum absolute atomic E-state index is 12.4. The van der Waals surface area contributed by atoms with Crippen molar-refractivity contribution in [3.05, 3.63) is 18.0 Å². The zero-order chi connectivity index (χ0) is 16.1. The number of carbonyl (C=O) groups is 1. The molecule has 1 aromatic heterocycles. The van der Waals surface area contributed by atoms with E-state index >= 15 is 0 Å². The lowest BCUT2D eigenvalue weighted by Crippen LogP contribution is -2.39. The summed E-state index contributed by atoms with van der Waals surface area (Å²) < 4.78 is 2.05. The lowest BCUT2D eigenvalue weighted by Gasteiger charge is -2.32. The topological polar surface area (TPSA) is 50.2 Å². The molecule has 2 fully saturated rings. The Labute approximate surface area is 163 Å². The van der Waals surface area contributed by atoms with Gasteiger partial charge in [-0.2, -0.15) is 5.10 Å². The summed E-state index contributed by atoms with van der Waals surface area (Å²) in [5.74, 6) is 1.78. The second kappa shape index (κ2) is 11.0. The number of carbonyl (C=O) groups excluding carboxylic acids is 1. The molecule has 0 unspecified atom stereocenters. The Morgan fingerprint density at radius 2 is 1.84 bits per heavy atom. The fourth-order valence-electron chi connectivity index (χ4n) is 3.85. The van der Waals surface area contributed by atoms with Crippen LogP contribution in [0.4, 0.5) is 0 Å². The molecular weight excluding hydrogens is 359 g/mol. The first-order valence-corrected chi connectivity index (χ1v) is 9.18. The number of hydrogen-bond donors (Lipinski definition) is 1. The van der Waals surface area contributed by atoms with Crippen LogP contribution in [0.1, 0.15) is 44.1 Å². The van der Waals surface area contributed by atoms with Gasteiger partial charge in [0.15, 0.2) is 0 Å². The minimum absolute atomic E-state index is 0. The van der Waals surface area contributed by atoms with Crippen LogP contribution in [0, 0.1) is 18.8 Å². The molecule has 0 bridgehead atoms. The number of rotatable bonds is 5. The lowest BCUT2D eigenvalue weighted by molar-refractivity contribution is -0.133. The number of halogens is 2. The average molecular weight is 391 g/mol. The molecule has 5 nitrogen and oxygen atoms in total. The van der Waals surface area contributed by atoms with Crippen molar-refractivity contribution < 1.29 is 4.79 Å². The summed E-state index contributed by atoms with van der Waals surface area (Å²) in [6, 6.07) is 0. The van der Waals surface area contributed by atoms with Crippen molar-refractivity contribution in [2.45, 2.75) is 52.0 Å². The van der Waals surface area contributed by atoms with E-state index in [0.29, 0.717) is 11.8 Å². The summed E-state index contributed by atoms with van der Waals surface area (Å²) in [6.45, 7) is 7.17. The predicted molar refractivity (Wildman–Crippen MR) is 106 cm³/mol. The summed E-state index contributed by atoms with van der Waals surface area (Å²) in [4.78, 5) is 14.5. The van der Waals surface area contributed by atoms with Gasteiger partial charge in [-0.15, -0.1) is 24.8 Å². The Balaban J connectivity index is 0.00000156. The summed E-state index contributed by atoms with van der Waals surface area (Å²) >= 11 is 0. The first-order chi connectivity index (χ1) is 11.2. The third-order valence-corrected chi connectivity index (χ3v) is 5.40. The van der Waals surface area contributed by atoms with Crippen molar-refractivity contribution in [1.29, 1.82) is 0 Å². The fraction of sp³-hybridized carbons (Fsp3) is 0.778. The highest BCUT2D eigenvalue weighted by molar-refractivity contribution is 5.85. The minimum atomic E-state index is 0. The zero-order valence-electron chi connectivity index (χ0n) is 15.2. The SMILES string of the molecule is Cc1cnn(CC2CCN(C(=O)CCC3CCNCC3)CC2)c1.Cl.Cl. The maximum atomic E-state index is 12.4. The third-order valence-electron chi connectivity index (χ3n) is 5.40. The molecule has 0 atom stereocenters. The van der Waals surface area contributed by atoms with Crippen LogP contribution in [0.25, 0.3) is 0 Å². The number of nitrogens with zero attached hydrogens (tertiary/aromatic N) is 3. The average Bonchev–Trinajstić information content (AvgIpc) is 2.99. The highest BCUT2D eigenvalue weighted by atomic mass is 35.5. The second-order valence-corrected chi connectivity index (χ2v) is 7.30. The van der Waals surface area contributed by atoms with E-state index in [4.69, 9.17) is 0 Å². The third kappa shape index (κ3) is 6.80. The van der Waals surface area contributed by atoms with Gasteiger partial charge in [-0.05, 0) is 69.5 Å². The number of piperidine rings is 2. The number of likely N-dealkylation sites (tertiary alicyclic amines) is 1. The van der Waals surface area contributed by atoms with E-state index in [-0.39, 0.29) is 24.8 Å². The van der Waals surface area contributed by atoms with Crippen molar-refractivity contribution in [3.63, 3.8) is 0 Å². The van der Waals surface area contributed by atoms with Gasteiger partial charge >= 0.3 is 0 Å². The quantitative estimate of drug-likeness (QED) is 0.840. The van der Waals surface area contributed by atoms with Gasteiger partial charge < -0.3 is 10.2 Å². The van der Waals surface area contributed by atoms with E-state index in [2.05, 4.69) is 33.1 Å². The molecule has 2 aliphatic heterocycles. The Morgan fingerprint density at radius 3 is 2.44 bits per heavy atom. The van der Waals surface area contributed by atoms with Gasteiger partial charge in [0.25, 0.3) is 0 Å². The van der Waals surface area contributed by atoms with E-state index in [9.17, 15) is 4.79 Å². The van der Waals surface area contributed by atoms with Crippen LogP contribution < -0.4 is 5.32 Å². The molecule has 0 saturated carbocycles. The molecule has 3 heterocycles. The van der Waals surface area contributed by atoms with Crippen LogP contribution in [-0.4, -0.2) is 46.8 Å². The molecule has 0 aromatic carbocycles. The molecule has 0 radical (unpaired) electrons. The van der Waals surface area contributed by atoms with Gasteiger partial charge in [-0.1, -0.05) is 0 Å². The molecule has 1 aromatic rings. The van der Waals surface area contributed by atoms with Gasteiger partial charge in [0.05, 0.1) is 6.20 Å². The number of aromatic nitrogens is 2. The van der Waals surface area contributed by atoms with Gasteiger partial charge in [-0.3, -0.25) is 9.48 Å². The van der Waals surface area contributed by atoms with E-state index in [1.165, 1.54) is 18.4 Å². The second-order valence-electron chi connectivity index (χ2n) is 7.30. The van der Waals surface area contributed by atoms with E-state index < -0.39 is 0 Å². The van der Waals surface area contributed by atoms with Gasteiger partial charge in [0, 0.05) is 32.3 Å². The monoisotopic (exact) mass is 390 g/mol. The Kier molecular flexibility index (Phi) is 9.83. The van der Waals surface area contributed by atoms with Crippen molar-refractivity contribution in [3.8, 4) is 0 Å². The smallest absolute Gasteiger partial charge is 0.222 e. The number of aryl methyl sites for hydroxylation is 1. The van der Waals surface area contributed by atoms with Crippen LogP contribution in [0.2, 0.25) is 0 Å². The summed E-state index contributed by atoms with van der Waals surface area (Å²) in [6.07, 6.45) is 10.5. The summed E-state index contributed by atoms with van der Waals surface area (Å²) in [5, 5.41) is 7.77. The normalized spacial score (nSPS) is 19.2. The van der Waals surface area contributed by atoms with Crippen LogP contribution >= 0.6 is 24.8 Å². The molecule has 25 heavy (non-hydrogen) atoms. The lowest BCUT2D eigenvalue weighted by atomic mass is 9.92. The molecule has 7 heteroatoms. The van der Waals surface area contributed by atoms with Crippen LogP contribution in [0.15, 0.2) is 12.4 Å². The molecule has 1 amide bonds. The molecule has 2 saturated heterocycles. The standard InChI is InChI=1S/C18H30N4O.2ClH/c1-15-12-20-22(13-15)14-17-6-10-21(11-7-17)18(23)3-2-16-4-8-19-9-5-16;;/h12-13,16-17,19H,2-11,14H2,1H3;2*1H. The Bertz CT molecular complexity index is 509. The first-order valence-electron chi connectivity index (χ1n) is 9.18. The number of hydrogen-bond acceptors (Lipinski definition) is 3. The van der Waals surface area contributed by atoms with Crippen molar-refractivity contribution >= 4 is 30.7 Å². The van der Waals surface area contributed by atoms with Crippen molar-refractivity contribution in [2.24, 2.45) is 11.8 Å². The Hall–Kier alpha value is -0.780. The molecular formula is C18H32Cl2N4O. The molecule has 3 rings (SSSR count). The van der Waals surface area contributed by atoms with Gasteiger partial charge in [0.1, 0.15) is 0 Å². The van der Waals surface area contributed by atoms with E-state index in [1.807, 2.05) is 6.20 Å². The minimum Gasteiger partial charge on any atom is -0.343 e. The van der Waals surface area contributed by atoms with Crippen LogP contribution in [0.3, 0.4) is 0 Å². The summed E-state index contributed by atoms with van der Waals surface area (Å²) in [5.41, 5.74) is 1.22. The number of amides is 1. The van der Waals surface area contributed by atoms with E-state index in [1.54, 1.807) is 0 Å². The fourth-order valence-corrected chi connectivity index (χ4v) is 3.85. The zero-order valence-corrected chi connectivity index (χ0v) is 16.8. The maximum Gasteiger partial charge on any atom is 0.222 e. The van der Waals surface area contributed by atoms with Gasteiger partial charge in [-0.25, -0.2) is 0 Å². The van der Waals surface area contributed by atoms with Crippen LogP contribution in [-0.2, 0) is 11.3 Å². The first kappa shape index (κ1) is 22.3. The summed E-state index contributed by atoms with van der Waals surface area (Å²) in [7, 11) is 0. The molecule has 0 spiro atoms. The predicted octanol–water partition coefficient (Wildman–Crippen LogP) is 3.05.